The van der Waals surface area contributed by atoms with Gasteiger partial charge in [0.15, 0.2) is 0 Å². The molecule has 1 N–H and O–H groups in total. The van der Waals surface area contributed by atoms with E-state index >= 15 is 0 Å². The molecule has 0 aliphatic carbocycles. The highest BCUT2D eigenvalue weighted by Gasteiger charge is 2.52. The smallest absolute Gasteiger partial charge is 0.415 e. The molecule has 0 radical (unpaired) electrons. The van der Waals surface area contributed by atoms with Gasteiger partial charge in [0, 0.05) is 14.0 Å². The second-order valence-corrected chi connectivity index (χ2v) is 6.79. The molecule has 0 bridgehead atoms. The number of hydrogen-bond acceptors (Lipinski definition) is 4. The van der Waals surface area contributed by atoms with E-state index in [0.717, 1.165) is 0 Å². The van der Waals surface area contributed by atoms with Crippen molar-refractivity contribution in [2.75, 3.05) is 23.4 Å². The Bertz CT molecular complexity index is 842. The number of benzene rings is 1. The van der Waals surface area contributed by atoms with Crippen LogP contribution in [0.5, 0.6) is 0 Å². The van der Waals surface area contributed by atoms with Crippen LogP contribution in [0.2, 0.25) is 0 Å². The number of carbonyl (C=O) groups is 3. The lowest BCUT2D eigenvalue weighted by Crippen LogP contribution is -2.40. The molecule has 138 valence electrons. The normalized spacial score (nSPS) is 25.5. The van der Waals surface area contributed by atoms with E-state index in [0.29, 0.717) is 11.3 Å². The predicted molar refractivity (Wildman–Crippen MR) is 87.3 cm³/mol. The van der Waals surface area contributed by atoms with Crippen molar-refractivity contribution >= 4 is 29.3 Å². The van der Waals surface area contributed by atoms with E-state index in [1.165, 1.54) is 29.8 Å². The van der Waals surface area contributed by atoms with Crippen molar-refractivity contribution in [2.24, 2.45) is 0 Å². The van der Waals surface area contributed by atoms with Gasteiger partial charge in [-0.3, -0.25) is 14.5 Å². The predicted octanol–water partition coefficient (Wildman–Crippen LogP) is 1.53. The summed E-state index contributed by atoms with van der Waals surface area (Å²) in [6.45, 7) is 1.47. The SMILES string of the molecule is CC(=O)NC[C@@H]1OC(=O)N2c3ccc4c(c3C[C@@H]12)C(F)(F)CC(=O)N4C. The highest BCUT2D eigenvalue weighted by atomic mass is 19.3. The van der Waals surface area contributed by atoms with Crippen molar-refractivity contribution < 1.29 is 27.9 Å². The van der Waals surface area contributed by atoms with Crippen molar-refractivity contribution in [1.82, 2.24) is 5.32 Å². The number of nitrogens with one attached hydrogen (secondary N) is 1. The molecule has 1 aromatic carbocycles. The molecule has 1 saturated heterocycles. The van der Waals surface area contributed by atoms with E-state index in [2.05, 4.69) is 5.32 Å². The maximum atomic E-state index is 14.7. The van der Waals surface area contributed by atoms with Crippen molar-refractivity contribution in [3.63, 3.8) is 0 Å². The summed E-state index contributed by atoms with van der Waals surface area (Å²) in [6.07, 6.45) is -1.94. The van der Waals surface area contributed by atoms with Crippen molar-refractivity contribution in [3.8, 4) is 0 Å². The number of cyclic esters (lactones) is 1. The van der Waals surface area contributed by atoms with Gasteiger partial charge < -0.3 is 15.0 Å². The molecule has 2 atom stereocenters. The van der Waals surface area contributed by atoms with Crippen LogP contribution in [0.15, 0.2) is 12.1 Å². The fraction of sp³-hybridized carbons (Fsp3) is 0.471. The molecular weight excluding hydrogens is 348 g/mol. The second kappa shape index (κ2) is 5.39. The number of anilines is 2. The Morgan fingerprint density at radius 2 is 2.04 bits per heavy atom. The first-order chi connectivity index (χ1) is 12.2. The number of nitrogens with zero attached hydrogens (tertiary/aromatic N) is 2. The zero-order valence-corrected chi connectivity index (χ0v) is 14.2. The zero-order valence-electron chi connectivity index (χ0n) is 14.2. The molecule has 26 heavy (non-hydrogen) atoms. The van der Waals surface area contributed by atoms with Gasteiger partial charge in [-0.05, 0) is 24.1 Å². The van der Waals surface area contributed by atoms with Crippen LogP contribution < -0.4 is 15.1 Å². The molecule has 3 aliphatic rings. The number of ether oxygens (including phenoxy) is 1. The maximum Gasteiger partial charge on any atom is 0.415 e. The fourth-order valence-corrected chi connectivity index (χ4v) is 3.97. The Hall–Kier alpha value is -2.71. The molecule has 1 aromatic rings. The summed E-state index contributed by atoms with van der Waals surface area (Å²) < 4.78 is 34.6. The summed E-state index contributed by atoms with van der Waals surface area (Å²) >= 11 is 0. The average Bonchev–Trinajstić information content (AvgIpc) is 3.07. The van der Waals surface area contributed by atoms with Crippen LogP contribution in [-0.2, 0) is 26.7 Å². The van der Waals surface area contributed by atoms with Crippen LogP contribution in [0, 0.1) is 0 Å². The first kappa shape index (κ1) is 16.7. The molecule has 0 spiro atoms. The number of carbonyl (C=O) groups excluding carboxylic acids is 3. The van der Waals surface area contributed by atoms with Crippen LogP contribution in [0.25, 0.3) is 0 Å². The molecule has 0 unspecified atom stereocenters. The van der Waals surface area contributed by atoms with Gasteiger partial charge in [-0.1, -0.05) is 0 Å². The van der Waals surface area contributed by atoms with E-state index in [1.807, 2.05) is 0 Å². The molecule has 0 aromatic heterocycles. The van der Waals surface area contributed by atoms with Crippen LogP contribution in [0.3, 0.4) is 0 Å². The lowest BCUT2D eigenvalue weighted by atomic mass is 9.90. The first-order valence-corrected chi connectivity index (χ1v) is 8.25. The monoisotopic (exact) mass is 365 g/mol. The summed E-state index contributed by atoms with van der Waals surface area (Å²) in [6, 6.07) is 2.55. The van der Waals surface area contributed by atoms with Gasteiger partial charge in [-0.2, -0.15) is 0 Å². The molecule has 7 nitrogen and oxygen atoms in total. The third-order valence-electron chi connectivity index (χ3n) is 5.18. The van der Waals surface area contributed by atoms with Gasteiger partial charge in [-0.25, -0.2) is 13.6 Å². The van der Waals surface area contributed by atoms with Gasteiger partial charge in [0.25, 0.3) is 5.92 Å². The first-order valence-electron chi connectivity index (χ1n) is 8.25. The van der Waals surface area contributed by atoms with Crippen LogP contribution in [0.4, 0.5) is 25.0 Å². The van der Waals surface area contributed by atoms with E-state index in [9.17, 15) is 23.2 Å². The summed E-state index contributed by atoms with van der Waals surface area (Å²) in [5.74, 6) is -4.20. The molecule has 1 fully saturated rings. The maximum absolute atomic E-state index is 14.7. The average molecular weight is 365 g/mol. The van der Waals surface area contributed by atoms with E-state index < -0.39 is 36.5 Å². The zero-order chi connectivity index (χ0) is 18.8. The highest BCUT2D eigenvalue weighted by Crippen LogP contribution is 2.51. The quantitative estimate of drug-likeness (QED) is 0.862. The Morgan fingerprint density at radius 3 is 2.73 bits per heavy atom. The van der Waals surface area contributed by atoms with Crippen molar-refractivity contribution in [3.05, 3.63) is 23.3 Å². The minimum atomic E-state index is -3.29. The Morgan fingerprint density at radius 1 is 1.35 bits per heavy atom. The van der Waals surface area contributed by atoms with Crippen molar-refractivity contribution in [1.29, 1.82) is 0 Å². The summed E-state index contributed by atoms with van der Waals surface area (Å²) in [4.78, 5) is 37.8. The Labute approximate surface area is 147 Å². The standard InChI is InChI=1S/C17H17F2N3O4/c1-8(23)20-7-13-12-5-9-10(22(12)16(25)26-13)3-4-11-15(9)17(18,19)6-14(24)21(11)2/h3-4,12-13H,5-7H2,1-2H3,(H,20,23)/t12-,13-/m0/s1. The van der Waals surface area contributed by atoms with Crippen LogP contribution in [-0.4, -0.2) is 43.6 Å². The largest absolute Gasteiger partial charge is 0.442 e. The summed E-state index contributed by atoms with van der Waals surface area (Å²) in [7, 11) is 1.46. The van der Waals surface area contributed by atoms with Crippen LogP contribution >= 0.6 is 0 Å². The highest BCUT2D eigenvalue weighted by molar-refractivity contribution is 6.00. The van der Waals surface area contributed by atoms with Gasteiger partial charge in [0.1, 0.15) is 6.10 Å². The van der Waals surface area contributed by atoms with E-state index in [4.69, 9.17) is 4.74 Å². The second-order valence-electron chi connectivity index (χ2n) is 6.79. The van der Waals surface area contributed by atoms with Crippen molar-refractivity contribution in [2.45, 2.75) is 37.8 Å². The molecular formula is C17H17F2N3O4. The number of halogens is 2. The lowest BCUT2D eigenvalue weighted by molar-refractivity contribution is -0.127. The van der Waals surface area contributed by atoms with Gasteiger partial charge in [0.2, 0.25) is 11.8 Å². The minimum Gasteiger partial charge on any atom is -0.442 e. The van der Waals surface area contributed by atoms with E-state index in [1.54, 1.807) is 6.07 Å². The number of rotatable bonds is 2. The Balaban J connectivity index is 1.76. The molecule has 9 heteroatoms. The number of alkyl halides is 2. The van der Waals surface area contributed by atoms with E-state index in [-0.39, 0.29) is 30.1 Å². The summed E-state index contributed by atoms with van der Waals surface area (Å²) in [5, 5.41) is 2.59. The molecule has 0 saturated carbocycles. The fourth-order valence-electron chi connectivity index (χ4n) is 3.97. The van der Waals surface area contributed by atoms with Gasteiger partial charge in [0.05, 0.1) is 35.9 Å². The molecule has 3 amide bonds. The minimum absolute atomic E-state index is 0.118. The third kappa shape index (κ3) is 2.26. The van der Waals surface area contributed by atoms with Gasteiger partial charge >= 0.3 is 6.09 Å². The summed E-state index contributed by atoms with van der Waals surface area (Å²) in [5.41, 5.74) is 0.711. The Kier molecular flexibility index (Phi) is 3.47. The number of amides is 3. The third-order valence-corrected chi connectivity index (χ3v) is 5.18. The lowest BCUT2D eigenvalue weighted by Gasteiger charge is -2.33. The van der Waals surface area contributed by atoms with Gasteiger partial charge in [-0.15, -0.1) is 0 Å². The molecule has 3 heterocycles. The molecule has 4 rings (SSSR count). The number of hydrogen-bond donors (Lipinski definition) is 1. The molecule has 3 aliphatic heterocycles. The topological polar surface area (TPSA) is 79.0 Å². The van der Waals surface area contributed by atoms with Crippen LogP contribution in [0.1, 0.15) is 24.5 Å². The number of fused-ring (bicyclic) bond motifs is 5.